The largest absolute Gasteiger partial charge is 0.379 e. The highest BCUT2D eigenvalue weighted by molar-refractivity contribution is 5.44. The van der Waals surface area contributed by atoms with Crippen molar-refractivity contribution in [1.82, 2.24) is 14.9 Å². The molecule has 4 nitrogen and oxygen atoms in total. The lowest BCUT2D eigenvalue weighted by Crippen LogP contribution is -2.10. The zero-order chi connectivity index (χ0) is 12.8. The summed E-state index contributed by atoms with van der Waals surface area (Å²) in [6.07, 6.45) is 3.32. The highest BCUT2D eigenvalue weighted by atomic mass is 15.0. The number of nitrogens with one attached hydrogen (secondary N) is 1. The summed E-state index contributed by atoms with van der Waals surface area (Å²) in [5, 5.41) is 3.34. The van der Waals surface area contributed by atoms with Crippen molar-refractivity contribution in [3.05, 3.63) is 54.1 Å². The molecule has 4 heteroatoms. The Labute approximate surface area is 108 Å². The quantitative estimate of drug-likeness (QED) is 0.872. The average molecular weight is 242 g/mol. The standard InChI is InChI=1S/C14H18N4/c1-18(2)10-12-3-5-13(6-4-12)16-9-14-7-8-15-11-17-14/h3-8,11,16H,9-10H2,1-2H3. The predicted octanol–water partition coefficient (Wildman–Crippen LogP) is 2.15. The summed E-state index contributed by atoms with van der Waals surface area (Å²) >= 11 is 0. The summed E-state index contributed by atoms with van der Waals surface area (Å²) in [6, 6.07) is 10.4. The topological polar surface area (TPSA) is 41.0 Å². The Morgan fingerprint density at radius 1 is 1.11 bits per heavy atom. The molecule has 0 spiro atoms. The first-order valence-corrected chi connectivity index (χ1v) is 5.96. The Bertz CT molecular complexity index is 465. The van der Waals surface area contributed by atoms with E-state index in [2.05, 4.69) is 58.5 Å². The van der Waals surface area contributed by atoms with Crippen molar-refractivity contribution >= 4 is 5.69 Å². The van der Waals surface area contributed by atoms with Crippen LogP contribution in [0.2, 0.25) is 0 Å². The molecule has 0 fully saturated rings. The maximum Gasteiger partial charge on any atom is 0.115 e. The lowest BCUT2D eigenvalue weighted by Gasteiger charge is -2.10. The highest BCUT2D eigenvalue weighted by Gasteiger charge is 1.97. The fourth-order valence-electron chi connectivity index (χ4n) is 1.71. The molecular weight excluding hydrogens is 224 g/mol. The molecule has 0 atom stereocenters. The zero-order valence-corrected chi connectivity index (χ0v) is 10.8. The van der Waals surface area contributed by atoms with E-state index in [4.69, 9.17) is 0 Å². The second-order valence-corrected chi connectivity index (χ2v) is 4.49. The molecule has 0 unspecified atom stereocenters. The third-order valence-electron chi connectivity index (χ3n) is 2.57. The summed E-state index contributed by atoms with van der Waals surface area (Å²) in [4.78, 5) is 10.2. The van der Waals surface area contributed by atoms with Crippen molar-refractivity contribution in [3.8, 4) is 0 Å². The van der Waals surface area contributed by atoms with Crippen LogP contribution in [0.25, 0.3) is 0 Å². The molecule has 0 aliphatic heterocycles. The lowest BCUT2D eigenvalue weighted by molar-refractivity contribution is 0.402. The van der Waals surface area contributed by atoms with E-state index in [-0.39, 0.29) is 0 Å². The Hall–Kier alpha value is -1.94. The summed E-state index contributed by atoms with van der Waals surface area (Å²) in [6.45, 7) is 1.68. The van der Waals surface area contributed by atoms with Crippen LogP contribution in [0.1, 0.15) is 11.3 Å². The lowest BCUT2D eigenvalue weighted by atomic mass is 10.2. The smallest absolute Gasteiger partial charge is 0.115 e. The Kier molecular flexibility index (Phi) is 4.25. The van der Waals surface area contributed by atoms with E-state index in [1.54, 1.807) is 12.5 Å². The third-order valence-corrected chi connectivity index (χ3v) is 2.57. The molecule has 94 valence electrons. The van der Waals surface area contributed by atoms with Crippen LogP contribution >= 0.6 is 0 Å². The predicted molar refractivity (Wildman–Crippen MR) is 73.2 cm³/mol. The second kappa shape index (κ2) is 6.12. The highest BCUT2D eigenvalue weighted by Crippen LogP contribution is 2.11. The van der Waals surface area contributed by atoms with Gasteiger partial charge in [0.25, 0.3) is 0 Å². The molecule has 1 aromatic heterocycles. The van der Waals surface area contributed by atoms with Crippen LogP contribution in [-0.4, -0.2) is 29.0 Å². The molecule has 0 saturated carbocycles. The fourth-order valence-corrected chi connectivity index (χ4v) is 1.71. The van der Waals surface area contributed by atoms with E-state index in [0.29, 0.717) is 0 Å². The molecule has 2 rings (SSSR count). The van der Waals surface area contributed by atoms with E-state index >= 15 is 0 Å². The van der Waals surface area contributed by atoms with Crippen molar-refractivity contribution < 1.29 is 0 Å². The van der Waals surface area contributed by atoms with Crippen LogP contribution < -0.4 is 5.32 Å². The van der Waals surface area contributed by atoms with Crippen LogP contribution in [0.3, 0.4) is 0 Å². The number of benzene rings is 1. The van der Waals surface area contributed by atoms with Gasteiger partial charge in [0.2, 0.25) is 0 Å². The first kappa shape index (κ1) is 12.5. The minimum atomic E-state index is 0.718. The van der Waals surface area contributed by atoms with Crippen LogP contribution in [0.15, 0.2) is 42.9 Å². The zero-order valence-electron chi connectivity index (χ0n) is 10.8. The van der Waals surface area contributed by atoms with Gasteiger partial charge in [0.15, 0.2) is 0 Å². The molecule has 0 bridgehead atoms. The van der Waals surface area contributed by atoms with Gasteiger partial charge in [-0.2, -0.15) is 0 Å². The molecule has 1 heterocycles. The van der Waals surface area contributed by atoms with E-state index < -0.39 is 0 Å². The van der Waals surface area contributed by atoms with Crippen molar-refractivity contribution in [2.45, 2.75) is 13.1 Å². The number of aromatic nitrogens is 2. The Morgan fingerprint density at radius 2 is 1.89 bits per heavy atom. The van der Waals surface area contributed by atoms with Crippen LogP contribution in [-0.2, 0) is 13.1 Å². The van der Waals surface area contributed by atoms with E-state index in [1.807, 2.05) is 6.07 Å². The van der Waals surface area contributed by atoms with Gasteiger partial charge >= 0.3 is 0 Å². The Morgan fingerprint density at radius 3 is 2.50 bits per heavy atom. The van der Waals surface area contributed by atoms with Gasteiger partial charge in [-0.3, -0.25) is 0 Å². The van der Waals surface area contributed by atoms with Crippen LogP contribution in [0.4, 0.5) is 5.69 Å². The normalized spacial score (nSPS) is 10.6. The first-order chi connectivity index (χ1) is 8.74. The molecule has 0 radical (unpaired) electrons. The molecule has 1 aromatic carbocycles. The Balaban J connectivity index is 1.90. The van der Waals surface area contributed by atoms with Crippen LogP contribution in [0.5, 0.6) is 0 Å². The van der Waals surface area contributed by atoms with Crippen molar-refractivity contribution in [2.24, 2.45) is 0 Å². The molecule has 18 heavy (non-hydrogen) atoms. The number of hydrogen-bond acceptors (Lipinski definition) is 4. The maximum atomic E-state index is 4.17. The van der Waals surface area contributed by atoms with Gasteiger partial charge in [-0.25, -0.2) is 9.97 Å². The number of rotatable bonds is 5. The van der Waals surface area contributed by atoms with E-state index in [1.165, 1.54) is 5.56 Å². The molecule has 2 aromatic rings. The van der Waals surface area contributed by atoms with Gasteiger partial charge in [0, 0.05) is 18.4 Å². The SMILES string of the molecule is CN(C)Cc1ccc(NCc2ccncn2)cc1. The summed E-state index contributed by atoms with van der Waals surface area (Å²) in [5.41, 5.74) is 3.41. The number of nitrogens with zero attached hydrogens (tertiary/aromatic N) is 3. The fraction of sp³-hybridized carbons (Fsp3) is 0.286. The third kappa shape index (κ3) is 3.82. The monoisotopic (exact) mass is 242 g/mol. The molecule has 0 amide bonds. The molecule has 0 saturated heterocycles. The summed E-state index contributed by atoms with van der Waals surface area (Å²) < 4.78 is 0. The van der Waals surface area contributed by atoms with Gasteiger partial charge in [-0.05, 0) is 37.9 Å². The van der Waals surface area contributed by atoms with Gasteiger partial charge < -0.3 is 10.2 Å². The number of hydrogen-bond donors (Lipinski definition) is 1. The van der Waals surface area contributed by atoms with Crippen molar-refractivity contribution in [1.29, 1.82) is 0 Å². The van der Waals surface area contributed by atoms with Gasteiger partial charge in [0.05, 0.1) is 12.2 Å². The molecule has 1 N–H and O–H groups in total. The first-order valence-electron chi connectivity index (χ1n) is 5.96. The van der Waals surface area contributed by atoms with E-state index in [9.17, 15) is 0 Å². The van der Waals surface area contributed by atoms with E-state index in [0.717, 1.165) is 24.5 Å². The van der Waals surface area contributed by atoms with Crippen LogP contribution in [0, 0.1) is 0 Å². The summed E-state index contributed by atoms with van der Waals surface area (Å²) in [7, 11) is 4.14. The molecule has 0 aliphatic carbocycles. The van der Waals surface area contributed by atoms with Gasteiger partial charge in [-0.1, -0.05) is 12.1 Å². The maximum absolute atomic E-state index is 4.17. The second-order valence-electron chi connectivity index (χ2n) is 4.49. The van der Waals surface area contributed by atoms with Gasteiger partial charge in [0.1, 0.15) is 6.33 Å². The van der Waals surface area contributed by atoms with Crippen molar-refractivity contribution in [3.63, 3.8) is 0 Å². The van der Waals surface area contributed by atoms with Gasteiger partial charge in [-0.15, -0.1) is 0 Å². The summed E-state index contributed by atoms with van der Waals surface area (Å²) in [5.74, 6) is 0. The van der Waals surface area contributed by atoms with Crippen molar-refractivity contribution in [2.75, 3.05) is 19.4 Å². The molecular formula is C14H18N4. The minimum absolute atomic E-state index is 0.718. The minimum Gasteiger partial charge on any atom is -0.379 e. The molecule has 0 aliphatic rings. The number of anilines is 1. The average Bonchev–Trinajstić information content (AvgIpc) is 2.38.